The van der Waals surface area contributed by atoms with Gasteiger partial charge in [-0.15, -0.1) is 10.2 Å². The normalized spacial score (nSPS) is 11.6. The number of hydrogen-bond acceptors (Lipinski definition) is 4. The Bertz CT molecular complexity index is 745. The van der Waals surface area contributed by atoms with Crippen molar-refractivity contribution in [3.05, 3.63) is 30.6 Å². The summed E-state index contributed by atoms with van der Waals surface area (Å²) in [6.07, 6.45) is 3.96. The molecule has 0 aliphatic heterocycles. The van der Waals surface area contributed by atoms with E-state index in [4.69, 9.17) is 4.98 Å². The van der Waals surface area contributed by atoms with Crippen molar-refractivity contribution in [1.29, 1.82) is 0 Å². The summed E-state index contributed by atoms with van der Waals surface area (Å²) in [4.78, 5) is 7.21. The van der Waals surface area contributed by atoms with Gasteiger partial charge < -0.3 is 4.90 Å². The summed E-state index contributed by atoms with van der Waals surface area (Å²) >= 11 is 0. The van der Waals surface area contributed by atoms with Crippen molar-refractivity contribution in [1.82, 2.24) is 19.6 Å². The number of aromatic nitrogens is 4. The van der Waals surface area contributed by atoms with Crippen LogP contribution in [0.1, 0.15) is 33.6 Å². The van der Waals surface area contributed by atoms with E-state index < -0.39 is 0 Å². The second-order valence-electron chi connectivity index (χ2n) is 5.21. The number of hydrogen-bond donors (Lipinski definition) is 0. The summed E-state index contributed by atoms with van der Waals surface area (Å²) in [5, 5.41) is 8.38. The van der Waals surface area contributed by atoms with Gasteiger partial charge in [0, 0.05) is 12.6 Å². The highest BCUT2D eigenvalue weighted by atomic mass is 15.3. The molecule has 3 aromatic rings. The Morgan fingerprint density at radius 2 is 1.90 bits per heavy atom. The average molecular weight is 283 g/mol. The zero-order valence-electron chi connectivity index (χ0n) is 12.8. The Kier molecular flexibility index (Phi) is 3.73. The Balaban J connectivity index is 2.26. The molecule has 0 aliphatic rings. The monoisotopic (exact) mass is 283 g/mol. The van der Waals surface area contributed by atoms with Gasteiger partial charge in [0.1, 0.15) is 6.33 Å². The molecule has 5 heteroatoms. The van der Waals surface area contributed by atoms with Crippen molar-refractivity contribution in [2.24, 2.45) is 0 Å². The van der Waals surface area contributed by atoms with E-state index >= 15 is 0 Å². The maximum absolute atomic E-state index is 4.87. The third kappa shape index (κ3) is 2.22. The maximum atomic E-state index is 4.87. The van der Waals surface area contributed by atoms with Crippen LogP contribution in [-0.2, 0) is 0 Å². The fourth-order valence-electron chi connectivity index (χ4n) is 2.99. The lowest BCUT2D eigenvalue weighted by atomic mass is 10.1. The van der Waals surface area contributed by atoms with E-state index in [0.717, 1.165) is 41.9 Å². The van der Waals surface area contributed by atoms with Crippen molar-refractivity contribution in [3.63, 3.8) is 0 Å². The van der Waals surface area contributed by atoms with Gasteiger partial charge in [-0.2, -0.15) is 0 Å². The molecule has 0 radical (unpaired) electrons. The molecule has 21 heavy (non-hydrogen) atoms. The van der Waals surface area contributed by atoms with Crippen LogP contribution in [-0.4, -0.2) is 32.2 Å². The lowest BCUT2D eigenvalue weighted by molar-refractivity contribution is 0.563. The Morgan fingerprint density at radius 1 is 1.14 bits per heavy atom. The van der Waals surface area contributed by atoms with E-state index in [9.17, 15) is 0 Å². The van der Waals surface area contributed by atoms with Crippen molar-refractivity contribution in [2.45, 2.75) is 39.7 Å². The molecule has 110 valence electrons. The van der Waals surface area contributed by atoms with Crippen LogP contribution in [0.4, 0.5) is 5.82 Å². The molecule has 0 atom stereocenters. The number of benzene rings is 1. The van der Waals surface area contributed by atoms with Gasteiger partial charge in [0.2, 0.25) is 5.65 Å². The first kappa shape index (κ1) is 13.8. The van der Waals surface area contributed by atoms with Crippen molar-refractivity contribution in [3.8, 4) is 0 Å². The Labute approximate surface area is 124 Å². The highest BCUT2D eigenvalue weighted by Gasteiger charge is 2.20. The second-order valence-corrected chi connectivity index (χ2v) is 5.21. The van der Waals surface area contributed by atoms with Crippen molar-refractivity contribution >= 4 is 22.5 Å². The van der Waals surface area contributed by atoms with Crippen molar-refractivity contribution in [2.75, 3.05) is 11.4 Å². The number of rotatable bonds is 5. The first-order chi connectivity index (χ1) is 10.3. The van der Waals surface area contributed by atoms with Gasteiger partial charge in [-0.1, -0.05) is 26.0 Å². The molecule has 0 unspecified atom stereocenters. The summed E-state index contributed by atoms with van der Waals surface area (Å²) in [5.74, 6) is 0.933. The van der Waals surface area contributed by atoms with Gasteiger partial charge in [0.15, 0.2) is 5.82 Å². The summed E-state index contributed by atoms with van der Waals surface area (Å²) in [7, 11) is 0. The number of para-hydroxylation sites is 2. The molecule has 0 saturated heterocycles. The van der Waals surface area contributed by atoms with E-state index in [-0.39, 0.29) is 0 Å². The molecule has 0 bridgehead atoms. The van der Waals surface area contributed by atoms with E-state index in [1.807, 2.05) is 22.6 Å². The smallest absolute Gasteiger partial charge is 0.204 e. The molecular weight excluding hydrogens is 262 g/mol. The molecule has 2 heterocycles. The standard InChI is InChI=1S/C16H21N5/c1-4-12(5-2)20(6-3)15-16-19-17-11-21(16)14-10-8-7-9-13(14)18-15/h7-12H,4-6H2,1-3H3. The third-order valence-corrected chi connectivity index (χ3v) is 4.11. The number of fused-ring (bicyclic) bond motifs is 3. The quantitative estimate of drug-likeness (QED) is 0.721. The fourth-order valence-corrected chi connectivity index (χ4v) is 2.99. The van der Waals surface area contributed by atoms with Crippen LogP contribution in [0.3, 0.4) is 0 Å². The molecular formula is C16H21N5. The lowest BCUT2D eigenvalue weighted by Gasteiger charge is -2.30. The predicted octanol–water partition coefficient (Wildman–Crippen LogP) is 3.29. The summed E-state index contributed by atoms with van der Waals surface area (Å²) < 4.78 is 2.03. The van der Waals surface area contributed by atoms with Gasteiger partial charge >= 0.3 is 0 Å². The van der Waals surface area contributed by atoms with E-state index in [1.165, 1.54) is 0 Å². The van der Waals surface area contributed by atoms with Crippen LogP contribution in [0, 0.1) is 0 Å². The van der Waals surface area contributed by atoms with E-state index in [0.29, 0.717) is 6.04 Å². The van der Waals surface area contributed by atoms with Gasteiger partial charge in [-0.3, -0.25) is 4.40 Å². The largest absolute Gasteiger partial charge is 0.351 e. The predicted molar refractivity (Wildman–Crippen MR) is 85.7 cm³/mol. The van der Waals surface area contributed by atoms with E-state index in [1.54, 1.807) is 6.33 Å². The van der Waals surface area contributed by atoms with Crippen LogP contribution < -0.4 is 4.90 Å². The first-order valence-corrected chi connectivity index (χ1v) is 7.65. The van der Waals surface area contributed by atoms with Gasteiger partial charge in [0.05, 0.1) is 11.0 Å². The molecule has 0 fully saturated rings. The third-order valence-electron chi connectivity index (χ3n) is 4.11. The van der Waals surface area contributed by atoms with E-state index in [2.05, 4.69) is 41.9 Å². The molecule has 3 rings (SSSR count). The zero-order chi connectivity index (χ0) is 14.8. The molecule has 0 N–H and O–H groups in total. The molecule has 0 aliphatic carbocycles. The van der Waals surface area contributed by atoms with Crippen LogP contribution in [0.2, 0.25) is 0 Å². The van der Waals surface area contributed by atoms with Gasteiger partial charge in [-0.25, -0.2) is 4.98 Å². The van der Waals surface area contributed by atoms with Crippen LogP contribution in [0.25, 0.3) is 16.7 Å². The van der Waals surface area contributed by atoms with Crippen molar-refractivity contribution < 1.29 is 0 Å². The highest BCUT2D eigenvalue weighted by molar-refractivity contribution is 5.82. The molecule has 0 saturated carbocycles. The summed E-state index contributed by atoms with van der Waals surface area (Å²) in [6.45, 7) is 7.53. The SMILES string of the molecule is CCC(CC)N(CC)c1nc2ccccc2n2cnnc12. The summed E-state index contributed by atoms with van der Waals surface area (Å²) in [5.41, 5.74) is 2.86. The maximum Gasteiger partial charge on any atom is 0.204 e. The second kappa shape index (κ2) is 5.68. The van der Waals surface area contributed by atoms with Crippen LogP contribution in [0.5, 0.6) is 0 Å². The molecule has 1 aromatic carbocycles. The van der Waals surface area contributed by atoms with Crippen LogP contribution in [0.15, 0.2) is 30.6 Å². The first-order valence-electron chi connectivity index (χ1n) is 7.65. The fraction of sp³-hybridized carbons (Fsp3) is 0.438. The minimum atomic E-state index is 0.476. The average Bonchev–Trinajstić information content (AvgIpc) is 3.02. The topological polar surface area (TPSA) is 46.3 Å². The zero-order valence-corrected chi connectivity index (χ0v) is 12.8. The molecule has 0 spiro atoms. The Morgan fingerprint density at radius 3 is 2.62 bits per heavy atom. The minimum Gasteiger partial charge on any atom is -0.351 e. The summed E-state index contributed by atoms with van der Waals surface area (Å²) in [6, 6.07) is 8.60. The number of anilines is 1. The lowest BCUT2D eigenvalue weighted by Crippen LogP contribution is -2.35. The Hall–Kier alpha value is -2.17. The minimum absolute atomic E-state index is 0.476. The molecule has 2 aromatic heterocycles. The molecule has 5 nitrogen and oxygen atoms in total. The molecule has 0 amide bonds. The van der Waals surface area contributed by atoms with Gasteiger partial charge in [0.25, 0.3) is 0 Å². The van der Waals surface area contributed by atoms with Crippen LogP contribution >= 0.6 is 0 Å². The number of nitrogens with zero attached hydrogens (tertiary/aromatic N) is 5. The van der Waals surface area contributed by atoms with Gasteiger partial charge in [-0.05, 0) is 31.9 Å². The highest BCUT2D eigenvalue weighted by Crippen LogP contribution is 2.25.